The smallest absolute Gasteiger partial charge is 0.241 e. The first-order valence-electron chi connectivity index (χ1n) is 5.98. The number of nitrogens with two attached hydrogens (primary N) is 1. The van der Waals surface area contributed by atoms with Crippen LogP contribution < -0.4 is 15.2 Å². The van der Waals surface area contributed by atoms with E-state index in [0.29, 0.717) is 5.56 Å². The molecule has 1 aromatic rings. The molecular weight excluding hydrogens is 314 g/mol. The van der Waals surface area contributed by atoms with Crippen LogP contribution >= 0.6 is 0 Å². The first kappa shape index (κ1) is 17.6. The molecule has 4 N–H and O–H groups in total. The molecule has 0 saturated carbocycles. The fourth-order valence-electron chi connectivity index (χ4n) is 1.45. The van der Waals surface area contributed by atoms with Gasteiger partial charge in [0.1, 0.15) is 0 Å². The van der Waals surface area contributed by atoms with Crippen molar-refractivity contribution in [1.82, 2.24) is 9.44 Å². The van der Waals surface area contributed by atoms with E-state index in [0.717, 1.165) is 6.26 Å². The van der Waals surface area contributed by atoms with E-state index in [1.165, 1.54) is 6.07 Å². The molecule has 0 amide bonds. The van der Waals surface area contributed by atoms with Gasteiger partial charge in [-0.25, -0.2) is 26.3 Å². The summed E-state index contributed by atoms with van der Waals surface area (Å²) in [5, 5.41) is 0. The van der Waals surface area contributed by atoms with Crippen molar-refractivity contribution in [2.24, 2.45) is 5.73 Å². The van der Waals surface area contributed by atoms with Crippen molar-refractivity contribution < 1.29 is 16.8 Å². The SMILES string of the molecule is CS(=O)(=O)NCCNS(=O)(=O)c1ccccc1C#CCN. The second-order valence-corrected chi connectivity index (χ2v) is 7.63. The Bertz CT molecular complexity index is 746. The molecule has 7 nitrogen and oxygen atoms in total. The van der Waals surface area contributed by atoms with Crippen LogP contribution in [-0.2, 0) is 20.0 Å². The van der Waals surface area contributed by atoms with Crippen molar-refractivity contribution in [3.05, 3.63) is 29.8 Å². The van der Waals surface area contributed by atoms with E-state index >= 15 is 0 Å². The molecule has 0 aliphatic heterocycles. The summed E-state index contributed by atoms with van der Waals surface area (Å²) >= 11 is 0. The Balaban J connectivity index is 2.84. The Kier molecular flexibility index (Phi) is 6.32. The zero-order valence-corrected chi connectivity index (χ0v) is 13.1. The number of hydrogen-bond donors (Lipinski definition) is 3. The first-order chi connectivity index (χ1) is 9.76. The van der Waals surface area contributed by atoms with Gasteiger partial charge in [0.05, 0.1) is 17.7 Å². The minimum atomic E-state index is -3.77. The van der Waals surface area contributed by atoms with Gasteiger partial charge in [0, 0.05) is 18.7 Å². The number of hydrogen-bond acceptors (Lipinski definition) is 5. The van der Waals surface area contributed by atoms with E-state index in [2.05, 4.69) is 21.3 Å². The van der Waals surface area contributed by atoms with Gasteiger partial charge in [0.25, 0.3) is 0 Å². The lowest BCUT2D eigenvalue weighted by molar-refractivity contribution is 0.573. The number of rotatable bonds is 6. The molecule has 1 rings (SSSR count). The molecule has 0 aliphatic carbocycles. The minimum absolute atomic E-state index is 0.0327. The fourth-order valence-corrected chi connectivity index (χ4v) is 3.12. The maximum atomic E-state index is 12.2. The van der Waals surface area contributed by atoms with Gasteiger partial charge >= 0.3 is 0 Å². The predicted molar refractivity (Wildman–Crippen MR) is 80.4 cm³/mol. The molecule has 1 aromatic carbocycles. The number of nitrogens with one attached hydrogen (secondary N) is 2. The number of sulfonamides is 2. The van der Waals surface area contributed by atoms with Gasteiger partial charge in [-0.2, -0.15) is 0 Å². The van der Waals surface area contributed by atoms with Crippen LogP contribution in [0.4, 0.5) is 0 Å². The Morgan fingerprint density at radius 3 is 2.33 bits per heavy atom. The molecule has 0 unspecified atom stereocenters. The van der Waals surface area contributed by atoms with Crippen LogP contribution in [0.25, 0.3) is 0 Å². The summed E-state index contributed by atoms with van der Waals surface area (Å²) in [5.41, 5.74) is 5.61. The highest BCUT2D eigenvalue weighted by Gasteiger charge is 2.16. The molecule has 0 saturated heterocycles. The van der Waals surface area contributed by atoms with Gasteiger partial charge < -0.3 is 5.73 Å². The number of benzene rings is 1. The Morgan fingerprint density at radius 2 is 1.71 bits per heavy atom. The normalized spacial score (nSPS) is 11.7. The van der Waals surface area contributed by atoms with Crippen molar-refractivity contribution in [3.63, 3.8) is 0 Å². The molecule has 0 radical (unpaired) electrons. The largest absolute Gasteiger partial charge is 0.320 e. The van der Waals surface area contributed by atoms with E-state index in [9.17, 15) is 16.8 Å². The average molecular weight is 331 g/mol. The summed E-state index contributed by atoms with van der Waals surface area (Å²) in [6, 6.07) is 6.25. The maximum Gasteiger partial charge on any atom is 0.241 e. The molecule has 0 atom stereocenters. The molecule has 0 bridgehead atoms. The van der Waals surface area contributed by atoms with Gasteiger partial charge in [0.15, 0.2) is 0 Å². The van der Waals surface area contributed by atoms with Crippen LogP contribution in [0.5, 0.6) is 0 Å². The highest BCUT2D eigenvalue weighted by molar-refractivity contribution is 7.89. The van der Waals surface area contributed by atoms with Crippen molar-refractivity contribution in [2.75, 3.05) is 25.9 Å². The molecule has 0 fully saturated rings. The average Bonchev–Trinajstić information content (AvgIpc) is 2.41. The lowest BCUT2D eigenvalue weighted by Gasteiger charge is -2.08. The summed E-state index contributed by atoms with van der Waals surface area (Å²) in [6.07, 6.45) is 0.999. The second kappa shape index (κ2) is 7.53. The summed E-state index contributed by atoms with van der Waals surface area (Å²) in [4.78, 5) is 0.0327. The lowest BCUT2D eigenvalue weighted by Crippen LogP contribution is -2.34. The highest BCUT2D eigenvalue weighted by Crippen LogP contribution is 2.13. The zero-order valence-electron chi connectivity index (χ0n) is 11.5. The van der Waals surface area contributed by atoms with Crippen LogP contribution in [0, 0.1) is 11.8 Å². The second-order valence-electron chi connectivity index (χ2n) is 4.07. The zero-order chi connectivity index (χ0) is 15.9. The third-order valence-electron chi connectivity index (χ3n) is 2.28. The van der Waals surface area contributed by atoms with Gasteiger partial charge in [-0.3, -0.25) is 0 Å². The Labute approximate surface area is 125 Å². The molecule has 21 heavy (non-hydrogen) atoms. The van der Waals surface area contributed by atoms with Crippen molar-refractivity contribution in [2.45, 2.75) is 4.90 Å². The van der Waals surface area contributed by atoms with Gasteiger partial charge in [-0.1, -0.05) is 24.0 Å². The topological polar surface area (TPSA) is 118 Å². The van der Waals surface area contributed by atoms with Gasteiger partial charge in [0.2, 0.25) is 20.0 Å². The molecule has 0 aromatic heterocycles. The van der Waals surface area contributed by atoms with Crippen LogP contribution in [0.3, 0.4) is 0 Å². The van der Waals surface area contributed by atoms with Crippen LogP contribution in [-0.4, -0.2) is 42.7 Å². The summed E-state index contributed by atoms with van der Waals surface area (Å²) in [6.45, 7) is 0.0306. The quantitative estimate of drug-likeness (QED) is 0.448. The molecule has 0 heterocycles. The third-order valence-corrected chi connectivity index (χ3v) is 4.53. The van der Waals surface area contributed by atoms with E-state index in [-0.39, 0.29) is 24.5 Å². The first-order valence-corrected chi connectivity index (χ1v) is 9.36. The van der Waals surface area contributed by atoms with E-state index < -0.39 is 20.0 Å². The predicted octanol–water partition coefficient (Wildman–Crippen LogP) is -1.18. The molecule has 116 valence electrons. The lowest BCUT2D eigenvalue weighted by atomic mass is 10.2. The molecular formula is C12H17N3O4S2. The minimum Gasteiger partial charge on any atom is -0.320 e. The van der Waals surface area contributed by atoms with Crippen LogP contribution in [0.2, 0.25) is 0 Å². The fraction of sp³-hybridized carbons (Fsp3) is 0.333. The maximum absolute atomic E-state index is 12.2. The molecule has 0 spiro atoms. The summed E-state index contributed by atoms with van der Waals surface area (Å²) in [7, 11) is -7.11. The molecule has 0 aliphatic rings. The Hall–Kier alpha value is -1.44. The van der Waals surface area contributed by atoms with E-state index in [4.69, 9.17) is 5.73 Å². The highest BCUT2D eigenvalue weighted by atomic mass is 32.2. The third kappa shape index (κ3) is 6.24. The van der Waals surface area contributed by atoms with Crippen molar-refractivity contribution in [3.8, 4) is 11.8 Å². The van der Waals surface area contributed by atoms with Gasteiger partial charge in [-0.15, -0.1) is 0 Å². The summed E-state index contributed by atoms with van der Waals surface area (Å²) in [5.74, 6) is 5.29. The van der Waals surface area contributed by atoms with Crippen LogP contribution in [0.15, 0.2) is 29.2 Å². The van der Waals surface area contributed by atoms with Gasteiger partial charge in [-0.05, 0) is 12.1 Å². The van der Waals surface area contributed by atoms with Crippen molar-refractivity contribution >= 4 is 20.0 Å². The van der Waals surface area contributed by atoms with E-state index in [1.54, 1.807) is 18.2 Å². The van der Waals surface area contributed by atoms with E-state index in [1.807, 2.05) is 0 Å². The van der Waals surface area contributed by atoms with Crippen LogP contribution in [0.1, 0.15) is 5.56 Å². The standard InChI is InChI=1S/C12H17N3O4S2/c1-20(16,17)14-9-10-15-21(18,19)12-7-3-2-5-11(12)6-4-8-13/h2-3,5,7,14-15H,8-10,13H2,1H3. The monoisotopic (exact) mass is 331 g/mol. The molecule has 9 heteroatoms. The van der Waals surface area contributed by atoms with Crippen molar-refractivity contribution in [1.29, 1.82) is 0 Å². The Morgan fingerprint density at radius 1 is 1.10 bits per heavy atom. The summed E-state index contributed by atoms with van der Waals surface area (Å²) < 4.78 is 50.6.